The minimum absolute atomic E-state index is 0.0993. The molecule has 0 aliphatic carbocycles. The summed E-state index contributed by atoms with van der Waals surface area (Å²) in [5.74, 6) is -1.50. The number of carbonyl (C=O) groups is 3. The standard InChI is InChI=1S/C20H19N7O3/c1-11-24-10-16(27(11)17-4-2-3-5-23-17)20(30)26-14(18(28)19(21)29)6-12-7-25-15-9-22-8-13(12)15/h2-5,7-10,14,22,25H,6H2,1H3,(H2,21,29)(H,26,30). The molecule has 152 valence electrons. The number of imidazole rings is 1. The van der Waals surface area contributed by atoms with Gasteiger partial charge in [-0.15, -0.1) is 0 Å². The van der Waals surface area contributed by atoms with Gasteiger partial charge < -0.3 is 21.0 Å². The Morgan fingerprint density at radius 1 is 1.20 bits per heavy atom. The molecule has 4 rings (SSSR count). The molecule has 4 heterocycles. The van der Waals surface area contributed by atoms with Crippen molar-refractivity contribution in [3.8, 4) is 5.82 Å². The highest BCUT2D eigenvalue weighted by Crippen LogP contribution is 2.19. The second kappa shape index (κ2) is 7.66. The smallest absolute Gasteiger partial charge is 0.287 e. The molecule has 0 spiro atoms. The number of Topliss-reactive ketones (excluding diaryl/α,β-unsaturated/α-hetero) is 1. The number of fused-ring (bicyclic) bond motifs is 1. The van der Waals surface area contributed by atoms with E-state index in [1.54, 1.807) is 54.5 Å². The summed E-state index contributed by atoms with van der Waals surface area (Å²) in [6, 6.07) is 4.16. The van der Waals surface area contributed by atoms with Gasteiger partial charge in [-0.05, 0) is 24.6 Å². The van der Waals surface area contributed by atoms with Crippen LogP contribution in [0.1, 0.15) is 21.9 Å². The largest absolute Gasteiger partial charge is 0.365 e. The van der Waals surface area contributed by atoms with Crippen LogP contribution in [0.4, 0.5) is 0 Å². The van der Waals surface area contributed by atoms with E-state index in [1.165, 1.54) is 6.20 Å². The molecule has 0 aliphatic rings. The fourth-order valence-corrected chi connectivity index (χ4v) is 3.37. The number of aryl methyl sites for hydroxylation is 1. The summed E-state index contributed by atoms with van der Waals surface area (Å²) in [6.07, 6.45) is 8.37. The van der Waals surface area contributed by atoms with Crippen molar-refractivity contribution in [1.29, 1.82) is 0 Å². The van der Waals surface area contributed by atoms with Gasteiger partial charge in [0, 0.05) is 36.6 Å². The molecular formula is C20H19N7O3. The van der Waals surface area contributed by atoms with E-state index in [0.29, 0.717) is 11.6 Å². The maximum Gasteiger partial charge on any atom is 0.287 e. The molecule has 0 saturated carbocycles. The highest BCUT2D eigenvalue weighted by molar-refractivity contribution is 6.38. The van der Waals surface area contributed by atoms with Crippen molar-refractivity contribution in [2.45, 2.75) is 19.4 Å². The minimum Gasteiger partial charge on any atom is -0.365 e. The summed E-state index contributed by atoms with van der Waals surface area (Å²) in [5, 5.41) is 3.49. The zero-order valence-electron chi connectivity index (χ0n) is 16.0. The molecule has 5 N–H and O–H groups in total. The molecule has 10 nitrogen and oxygen atoms in total. The summed E-state index contributed by atoms with van der Waals surface area (Å²) in [4.78, 5) is 51.5. The van der Waals surface area contributed by atoms with E-state index < -0.39 is 23.6 Å². The molecule has 1 unspecified atom stereocenters. The fraction of sp³-hybridized carbons (Fsp3) is 0.150. The van der Waals surface area contributed by atoms with E-state index in [1.807, 2.05) is 0 Å². The predicted molar refractivity (Wildman–Crippen MR) is 108 cm³/mol. The number of nitrogens with two attached hydrogens (primary N) is 1. The summed E-state index contributed by atoms with van der Waals surface area (Å²) < 4.78 is 1.57. The number of rotatable bonds is 7. The summed E-state index contributed by atoms with van der Waals surface area (Å²) in [7, 11) is 0. The minimum atomic E-state index is -1.13. The van der Waals surface area contributed by atoms with Crippen LogP contribution < -0.4 is 11.1 Å². The number of amides is 2. The van der Waals surface area contributed by atoms with E-state index in [2.05, 4.69) is 25.3 Å². The number of ketones is 1. The Morgan fingerprint density at radius 2 is 2.03 bits per heavy atom. The van der Waals surface area contributed by atoms with Crippen LogP contribution in [0.3, 0.4) is 0 Å². The van der Waals surface area contributed by atoms with E-state index in [0.717, 1.165) is 16.5 Å². The van der Waals surface area contributed by atoms with Gasteiger partial charge in [-0.3, -0.25) is 19.0 Å². The number of hydrogen-bond acceptors (Lipinski definition) is 5. The molecule has 10 heteroatoms. The Kier molecular flexibility index (Phi) is 4.88. The van der Waals surface area contributed by atoms with Crippen LogP contribution in [0.25, 0.3) is 16.7 Å². The highest BCUT2D eigenvalue weighted by Gasteiger charge is 2.28. The predicted octanol–water partition coefficient (Wildman–Crippen LogP) is 0.781. The third kappa shape index (κ3) is 3.46. The quantitative estimate of drug-likeness (QED) is 0.335. The van der Waals surface area contributed by atoms with Crippen LogP contribution in [0.15, 0.2) is 49.2 Å². The number of primary amides is 1. The van der Waals surface area contributed by atoms with E-state index in [9.17, 15) is 14.4 Å². The van der Waals surface area contributed by atoms with Crippen molar-refractivity contribution in [1.82, 2.24) is 29.8 Å². The van der Waals surface area contributed by atoms with Gasteiger partial charge in [0.25, 0.3) is 11.8 Å². The lowest BCUT2D eigenvalue weighted by Gasteiger charge is -2.17. The second-order valence-corrected chi connectivity index (χ2v) is 6.77. The molecule has 0 radical (unpaired) electrons. The van der Waals surface area contributed by atoms with Crippen molar-refractivity contribution in [3.63, 3.8) is 0 Å². The number of carbonyl (C=O) groups excluding carboxylic acids is 3. The lowest BCUT2D eigenvalue weighted by Crippen LogP contribution is -2.47. The lowest BCUT2D eigenvalue weighted by molar-refractivity contribution is -0.137. The average molecular weight is 405 g/mol. The number of nitrogens with zero attached hydrogens (tertiary/aromatic N) is 3. The summed E-state index contributed by atoms with van der Waals surface area (Å²) >= 11 is 0. The molecule has 4 aromatic heterocycles. The molecule has 30 heavy (non-hydrogen) atoms. The molecule has 0 aliphatic heterocycles. The maximum absolute atomic E-state index is 13.0. The average Bonchev–Trinajstić information content (AvgIpc) is 3.44. The van der Waals surface area contributed by atoms with Gasteiger partial charge in [-0.25, -0.2) is 9.97 Å². The third-order valence-corrected chi connectivity index (χ3v) is 4.83. The van der Waals surface area contributed by atoms with Crippen LogP contribution in [-0.2, 0) is 16.0 Å². The molecular weight excluding hydrogens is 386 g/mol. The first-order chi connectivity index (χ1) is 14.5. The molecule has 4 aromatic rings. The molecule has 0 saturated heterocycles. The maximum atomic E-state index is 13.0. The molecule has 1 atom stereocenters. The SMILES string of the molecule is Cc1ncc(C(=O)NC(Cc2c[nH]c3c[nH]cc23)C(=O)C(N)=O)n1-c1ccccn1. The molecule has 2 amide bonds. The number of nitrogens with one attached hydrogen (secondary N) is 3. The van der Waals surface area contributed by atoms with Crippen LogP contribution in [0.5, 0.6) is 0 Å². The first-order valence-electron chi connectivity index (χ1n) is 9.18. The lowest BCUT2D eigenvalue weighted by atomic mass is 10.0. The Balaban J connectivity index is 1.64. The van der Waals surface area contributed by atoms with E-state index in [4.69, 9.17) is 5.73 Å². The normalized spacial score (nSPS) is 12.0. The Labute approximate surface area is 170 Å². The van der Waals surface area contributed by atoms with Gasteiger partial charge in [-0.2, -0.15) is 0 Å². The van der Waals surface area contributed by atoms with Gasteiger partial charge in [0.15, 0.2) is 0 Å². The number of aromatic nitrogens is 5. The zero-order chi connectivity index (χ0) is 21.3. The van der Waals surface area contributed by atoms with Gasteiger partial charge in [-0.1, -0.05) is 6.07 Å². The number of H-pyrrole nitrogens is 2. The molecule has 0 bridgehead atoms. The summed E-state index contributed by atoms with van der Waals surface area (Å²) in [6.45, 7) is 1.74. The monoisotopic (exact) mass is 405 g/mol. The Bertz CT molecular complexity index is 1240. The second-order valence-electron chi connectivity index (χ2n) is 6.77. The van der Waals surface area contributed by atoms with Crippen molar-refractivity contribution in [3.05, 3.63) is 66.3 Å². The van der Waals surface area contributed by atoms with Gasteiger partial charge in [0.05, 0.1) is 11.7 Å². The number of aromatic amines is 2. The number of pyridine rings is 1. The topological polar surface area (TPSA) is 152 Å². The van der Waals surface area contributed by atoms with Gasteiger partial charge in [0.2, 0.25) is 5.78 Å². The van der Waals surface area contributed by atoms with Gasteiger partial charge >= 0.3 is 0 Å². The zero-order valence-corrected chi connectivity index (χ0v) is 16.0. The highest BCUT2D eigenvalue weighted by atomic mass is 16.2. The van der Waals surface area contributed by atoms with Gasteiger partial charge in [0.1, 0.15) is 23.4 Å². The third-order valence-electron chi connectivity index (χ3n) is 4.83. The summed E-state index contributed by atoms with van der Waals surface area (Å²) in [5.41, 5.74) is 7.02. The van der Waals surface area contributed by atoms with Crippen LogP contribution in [0, 0.1) is 6.92 Å². The first-order valence-corrected chi connectivity index (χ1v) is 9.18. The fourth-order valence-electron chi connectivity index (χ4n) is 3.37. The van der Waals surface area contributed by atoms with Crippen molar-refractivity contribution in [2.75, 3.05) is 0 Å². The van der Waals surface area contributed by atoms with Crippen LogP contribution >= 0.6 is 0 Å². The van der Waals surface area contributed by atoms with Crippen LogP contribution in [0.2, 0.25) is 0 Å². The van der Waals surface area contributed by atoms with E-state index in [-0.39, 0.29) is 12.1 Å². The van der Waals surface area contributed by atoms with E-state index >= 15 is 0 Å². The van der Waals surface area contributed by atoms with Crippen molar-refractivity contribution >= 4 is 28.5 Å². The van der Waals surface area contributed by atoms with Crippen LogP contribution in [-0.4, -0.2) is 48.1 Å². The first kappa shape index (κ1) is 19.1. The van der Waals surface area contributed by atoms with Crippen molar-refractivity contribution in [2.24, 2.45) is 5.73 Å². The van der Waals surface area contributed by atoms with Crippen molar-refractivity contribution < 1.29 is 14.4 Å². The molecule has 0 fully saturated rings. The molecule has 0 aromatic carbocycles. The Hall–Kier alpha value is -4.21. The Morgan fingerprint density at radius 3 is 2.77 bits per heavy atom. The number of hydrogen-bond donors (Lipinski definition) is 4.